The first kappa shape index (κ1) is 16.5. The number of hydrogen-bond acceptors (Lipinski definition) is 1. The van der Waals surface area contributed by atoms with E-state index in [0.29, 0.717) is 0 Å². The summed E-state index contributed by atoms with van der Waals surface area (Å²) in [5, 5.41) is 2.52. The fourth-order valence-electron chi connectivity index (χ4n) is 4.07. The molecule has 0 aliphatic carbocycles. The van der Waals surface area contributed by atoms with Crippen LogP contribution in [0, 0.1) is 27.7 Å². The van der Waals surface area contributed by atoms with E-state index in [4.69, 9.17) is 0 Å². The number of aromatic nitrogens is 3. The van der Waals surface area contributed by atoms with E-state index in [-0.39, 0.29) is 0 Å². The highest BCUT2D eigenvalue weighted by molar-refractivity contribution is 5.81. The summed E-state index contributed by atoms with van der Waals surface area (Å²) in [6, 6.07) is 13.1. The van der Waals surface area contributed by atoms with Gasteiger partial charge in [-0.05, 0) is 43.9 Å². The zero-order valence-corrected chi connectivity index (χ0v) is 16.0. The van der Waals surface area contributed by atoms with Crippen LogP contribution in [0.1, 0.15) is 22.4 Å². The Kier molecular flexibility index (Phi) is 3.87. The number of fused-ring (bicyclic) bond motifs is 1. The molecule has 0 radical (unpaired) electrons. The predicted molar refractivity (Wildman–Crippen MR) is 107 cm³/mol. The maximum absolute atomic E-state index is 4.32. The quantitative estimate of drug-likeness (QED) is 0.482. The smallest absolute Gasteiger partial charge is 0.217 e. The van der Waals surface area contributed by atoms with Crippen LogP contribution in [0.25, 0.3) is 27.7 Å². The Hall–Kier alpha value is -2.94. The predicted octanol–water partition coefficient (Wildman–Crippen LogP) is 4.75. The molecule has 2 heterocycles. The van der Waals surface area contributed by atoms with Crippen LogP contribution < -0.4 is 4.57 Å². The number of aryl methyl sites for hydroxylation is 4. The molecule has 0 bridgehead atoms. The molecule has 0 aliphatic rings. The van der Waals surface area contributed by atoms with Gasteiger partial charge in [0, 0.05) is 42.1 Å². The maximum atomic E-state index is 4.32. The Bertz CT molecular complexity index is 1140. The van der Waals surface area contributed by atoms with Gasteiger partial charge in [0.1, 0.15) is 0 Å². The third kappa shape index (κ3) is 2.51. The van der Waals surface area contributed by atoms with Gasteiger partial charge in [0.2, 0.25) is 5.69 Å². The number of pyridine rings is 1. The van der Waals surface area contributed by atoms with Gasteiger partial charge in [0.15, 0.2) is 11.9 Å². The van der Waals surface area contributed by atoms with Crippen LogP contribution in [-0.4, -0.2) is 9.55 Å². The van der Waals surface area contributed by atoms with Gasteiger partial charge in [-0.3, -0.25) is 0 Å². The Morgan fingerprint density at radius 3 is 2.35 bits per heavy atom. The van der Waals surface area contributed by atoms with Gasteiger partial charge in [0.05, 0.1) is 18.2 Å². The average molecular weight is 342 g/mol. The average Bonchev–Trinajstić information content (AvgIpc) is 3.01. The molecule has 4 aromatic rings. The van der Waals surface area contributed by atoms with Crippen molar-refractivity contribution in [2.75, 3.05) is 0 Å². The first-order valence-electron chi connectivity index (χ1n) is 8.96. The highest BCUT2D eigenvalue weighted by atomic mass is 15.0. The molecule has 2 aromatic heterocycles. The summed E-state index contributed by atoms with van der Waals surface area (Å²) < 4.78 is 4.42. The summed E-state index contributed by atoms with van der Waals surface area (Å²) >= 11 is 0. The number of rotatable bonds is 2. The van der Waals surface area contributed by atoms with Crippen LogP contribution in [0.15, 0.2) is 55.1 Å². The van der Waals surface area contributed by atoms with Gasteiger partial charge in [-0.15, -0.1) is 0 Å². The molecule has 130 valence electrons. The highest BCUT2D eigenvalue weighted by Gasteiger charge is 2.23. The van der Waals surface area contributed by atoms with Crippen molar-refractivity contribution >= 4 is 10.8 Å². The van der Waals surface area contributed by atoms with E-state index in [9.17, 15) is 0 Å². The molecule has 2 aromatic carbocycles. The molecule has 0 unspecified atom stereocenters. The largest absolute Gasteiger partial charge is 0.334 e. The molecule has 3 heteroatoms. The van der Waals surface area contributed by atoms with E-state index < -0.39 is 0 Å². The minimum atomic E-state index is 1.15. The Balaban J connectivity index is 2.04. The van der Waals surface area contributed by atoms with Gasteiger partial charge in [-0.1, -0.05) is 18.2 Å². The van der Waals surface area contributed by atoms with Gasteiger partial charge in [-0.2, -0.15) is 4.57 Å². The third-order valence-corrected chi connectivity index (χ3v) is 5.25. The van der Waals surface area contributed by atoms with E-state index >= 15 is 0 Å². The Morgan fingerprint density at radius 2 is 1.65 bits per heavy atom. The molecular weight excluding hydrogens is 318 g/mol. The molecule has 0 saturated heterocycles. The second-order valence-electron chi connectivity index (χ2n) is 7.16. The van der Waals surface area contributed by atoms with Gasteiger partial charge in [0.25, 0.3) is 0 Å². The fraction of sp³-hybridized carbons (Fsp3) is 0.217. The SMILES string of the molecule is Cc1cc(C)c(-[n+]2cc3ccccc3cc2C)c(C)c1-c1cncn1C. The van der Waals surface area contributed by atoms with Crippen LogP contribution in [0.4, 0.5) is 0 Å². The lowest BCUT2D eigenvalue weighted by Crippen LogP contribution is -2.36. The standard InChI is InChI=1S/C23H24N3/c1-15-10-16(2)23(18(4)22(15)21-12-24-14-25(21)5)26-13-20-9-7-6-8-19(20)11-17(26)3/h6-14H,1-5H3/q+1. The monoisotopic (exact) mass is 342 g/mol. The third-order valence-electron chi connectivity index (χ3n) is 5.25. The highest BCUT2D eigenvalue weighted by Crippen LogP contribution is 2.31. The van der Waals surface area contributed by atoms with Crippen molar-refractivity contribution in [3.63, 3.8) is 0 Å². The van der Waals surface area contributed by atoms with Crippen molar-refractivity contribution in [3.05, 3.63) is 77.5 Å². The topological polar surface area (TPSA) is 21.7 Å². The summed E-state index contributed by atoms with van der Waals surface area (Å²) in [7, 11) is 2.05. The van der Waals surface area contributed by atoms with Crippen molar-refractivity contribution in [1.29, 1.82) is 0 Å². The van der Waals surface area contributed by atoms with Crippen LogP contribution in [0.3, 0.4) is 0 Å². The molecule has 0 amide bonds. The summed E-state index contributed by atoms with van der Waals surface area (Å²) in [6.45, 7) is 8.78. The Morgan fingerprint density at radius 1 is 0.923 bits per heavy atom. The zero-order valence-electron chi connectivity index (χ0n) is 16.0. The lowest BCUT2D eigenvalue weighted by Gasteiger charge is -2.15. The van der Waals surface area contributed by atoms with Gasteiger partial charge >= 0.3 is 0 Å². The summed E-state index contributed by atoms with van der Waals surface area (Å²) in [5.41, 5.74) is 8.77. The van der Waals surface area contributed by atoms with E-state index in [1.54, 1.807) is 0 Å². The van der Waals surface area contributed by atoms with Crippen LogP contribution in [-0.2, 0) is 7.05 Å². The molecular formula is C23H24N3+. The molecule has 0 aliphatic heterocycles. The van der Waals surface area contributed by atoms with Gasteiger partial charge in [-0.25, -0.2) is 4.98 Å². The van der Waals surface area contributed by atoms with Crippen molar-refractivity contribution in [2.45, 2.75) is 27.7 Å². The van der Waals surface area contributed by atoms with E-state index in [1.165, 1.54) is 44.4 Å². The molecule has 0 spiro atoms. The van der Waals surface area contributed by atoms with E-state index in [2.05, 4.69) is 91.5 Å². The second kappa shape index (κ2) is 6.10. The van der Waals surface area contributed by atoms with Crippen LogP contribution >= 0.6 is 0 Å². The van der Waals surface area contributed by atoms with Gasteiger partial charge < -0.3 is 4.57 Å². The molecule has 3 nitrogen and oxygen atoms in total. The summed E-state index contributed by atoms with van der Waals surface area (Å²) in [6.07, 6.45) is 6.07. The number of hydrogen-bond donors (Lipinski definition) is 0. The van der Waals surface area contributed by atoms with Crippen molar-refractivity contribution < 1.29 is 4.57 Å². The van der Waals surface area contributed by atoms with Crippen molar-refractivity contribution in [2.24, 2.45) is 7.05 Å². The minimum absolute atomic E-state index is 1.15. The number of nitrogens with zero attached hydrogens (tertiary/aromatic N) is 3. The summed E-state index contributed by atoms with van der Waals surface area (Å²) in [5.74, 6) is 0. The van der Waals surface area contributed by atoms with E-state index in [0.717, 1.165) is 5.69 Å². The minimum Gasteiger partial charge on any atom is -0.334 e. The number of benzene rings is 2. The molecule has 0 atom stereocenters. The molecule has 26 heavy (non-hydrogen) atoms. The fourth-order valence-corrected chi connectivity index (χ4v) is 4.07. The van der Waals surface area contributed by atoms with E-state index in [1.807, 2.05) is 12.5 Å². The first-order chi connectivity index (χ1) is 12.5. The van der Waals surface area contributed by atoms with Crippen LogP contribution in [0.2, 0.25) is 0 Å². The molecule has 0 saturated carbocycles. The molecule has 0 N–H and O–H groups in total. The normalized spacial score (nSPS) is 11.3. The lowest BCUT2D eigenvalue weighted by molar-refractivity contribution is -0.602. The summed E-state index contributed by atoms with van der Waals surface area (Å²) in [4.78, 5) is 4.32. The molecule has 4 rings (SSSR count). The van der Waals surface area contributed by atoms with Crippen molar-refractivity contribution in [1.82, 2.24) is 9.55 Å². The maximum Gasteiger partial charge on any atom is 0.217 e. The lowest BCUT2D eigenvalue weighted by atomic mass is 9.94. The Labute approximate surface area is 154 Å². The molecule has 0 fully saturated rings. The first-order valence-corrected chi connectivity index (χ1v) is 8.96. The zero-order chi connectivity index (χ0) is 18.4. The second-order valence-corrected chi connectivity index (χ2v) is 7.16. The number of imidazole rings is 1. The van der Waals surface area contributed by atoms with Crippen molar-refractivity contribution in [3.8, 4) is 16.9 Å². The van der Waals surface area contributed by atoms with Crippen LogP contribution in [0.5, 0.6) is 0 Å².